The third-order valence-corrected chi connectivity index (χ3v) is 6.84. The maximum atomic E-state index is 13.6. The molecule has 2 amide bonds. The molecule has 0 aliphatic heterocycles. The van der Waals surface area contributed by atoms with E-state index >= 15 is 0 Å². The number of nitrogens with two attached hydrogens (primary N) is 1. The van der Waals surface area contributed by atoms with Gasteiger partial charge in [0.1, 0.15) is 39.3 Å². The molecule has 0 aliphatic rings. The summed E-state index contributed by atoms with van der Waals surface area (Å²) in [5.74, 6) is -0.291. The number of hydrogen-bond acceptors (Lipinski definition) is 7. The predicted octanol–water partition coefficient (Wildman–Crippen LogP) is 6.75. The number of thiophene rings is 1. The number of nitrogens with one attached hydrogen (secondary N) is 1. The van der Waals surface area contributed by atoms with E-state index in [0.717, 1.165) is 23.0 Å². The molecular weight excluding hydrogens is 528 g/mol. The zero-order chi connectivity index (χ0) is 27.5. The van der Waals surface area contributed by atoms with Gasteiger partial charge in [-0.3, -0.25) is 9.59 Å². The van der Waals surface area contributed by atoms with Gasteiger partial charge in [0.15, 0.2) is 5.76 Å². The number of allylic oxidation sites excluding steroid dienone is 1. The van der Waals surface area contributed by atoms with E-state index in [1.54, 1.807) is 24.3 Å². The summed E-state index contributed by atoms with van der Waals surface area (Å²) >= 11 is 0.795. The molecule has 0 aliphatic carbocycles. The number of anilines is 1. The molecule has 0 radical (unpaired) electrons. The van der Waals surface area contributed by atoms with Gasteiger partial charge >= 0.3 is 0 Å². The Morgan fingerprint density at radius 3 is 2.72 bits per heavy atom. The van der Waals surface area contributed by atoms with Gasteiger partial charge in [0.25, 0.3) is 18.2 Å². The van der Waals surface area contributed by atoms with Gasteiger partial charge in [-0.1, -0.05) is 24.3 Å². The zero-order valence-corrected chi connectivity index (χ0v) is 21.1. The number of furan rings is 2. The van der Waals surface area contributed by atoms with E-state index in [1.807, 2.05) is 24.3 Å². The van der Waals surface area contributed by atoms with Crippen LogP contribution in [0.1, 0.15) is 43.7 Å². The van der Waals surface area contributed by atoms with E-state index in [9.17, 15) is 18.4 Å². The topological polar surface area (TPSA) is 121 Å². The number of amides is 2. The number of benzene rings is 1. The van der Waals surface area contributed by atoms with Crippen LogP contribution in [0, 0.1) is 0 Å². The molecule has 39 heavy (non-hydrogen) atoms. The van der Waals surface area contributed by atoms with E-state index in [4.69, 9.17) is 19.3 Å². The second kappa shape index (κ2) is 10.9. The molecule has 0 saturated heterocycles. The first-order chi connectivity index (χ1) is 18.9. The van der Waals surface area contributed by atoms with E-state index in [0.29, 0.717) is 17.9 Å². The van der Waals surface area contributed by atoms with Gasteiger partial charge in [-0.05, 0) is 48.4 Å². The Morgan fingerprint density at radius 1 is 1.18 bits per heavy atom. The first kappa shape index (κ1) is 25.9. The summed E-state index contributed by atoms with van der Waals surface area (Å²) in [6.07, 6.45) is 0.915. The normalized spacial score (nSPS) is 11.2. The molecule has 0 spiro atoms. The number of fused-ring (bicyclic) bond motifs is 1. The SMILES string of the molecule is C=CCc1ccccc1OCc1ccc(C(=O)Nc2c(C(N)=O)sc3nc(C(F)F)cc(-c4ccco4)c23)o1. The Balaban J connectivity index is 1.45. The lowest BCUT2D eigenvalue weighted by atomic mass is 10.1. The molecule has 4 heterocycles. The number of aromatic nitrogens is 1. The molecule has 1 aromatic carbocycles. The third-order valence-electron chi connectivity index (χ3n) is 5.75. The average molecular weight is 550 g/mol. The van der Waals surface area contributed by atoms with Crippen molar-refractivity contribution in [1.82, 2.24) is 4.98 Å². The second-order valence-corrected chi connectivity index (χ2v) is 9.33. The van der Waals surface area contributed by atoms with Crippen LogP contribution in [0.4, 0.5) is 14.5 Å². The van der Waals surface area contributed by atoms with Crippen LogP contribution in [0.25, 0.3) is 21.5 Å². The highest BCUT2D eigenvalue weighted by molar-refractivity contribution is 7.21. The summed E-state index contributed by atoms with van der Waals surface area (Å²) in [4.78, 5) is 29.4. The number of primary amides is 1. The maximum Gasteiger partial charge on any atom is 0.291 e. The number of halogens is 2. The lowest BCUT2D eigenvalue weighted by Crippen LogP contribution is -2.16. The molecule has 0 fully saturated rings. The number of carbonyl (C=O) groups excluding carboxylic acids is 2. The van der Waals surface area contributed by atoms with E-state index in [-0.39, 0.29) is 44.5 Å². The largest absolute Gasteiger partial charge is 0.485 e. The van der Waals surface area contributed by atoms with Crippen LogP contribution in [-0.2, 0) is 13.0 Å². The number of pyridine rings is 1. The molecule has 5 aromatic rings. The Morgan fingerprint density at radius 2 is 2.00 bits per heavy atom. The summed E-state index contributed by atoms with van der Waals surface area (Å²) in [5, 5.41) is 2.90. The summed E-state index contributed by atoms with van der Waals surface area (Å²) in [7, 11) is 0. The lowest BCUT2D eigenvalue weighted by molar-refractivity contribution is 0.0992. The van der Waals surface area contributed by atoms with E-state index in [2.05, 4.69) is 16.9 Å². The fourth-order valence-corrected chi connectivity index (χ4v) is 5.03. The van der Waals surface area contributed by atoms with Gasteiger partial charge in [0, 0.05) is 10.9 Å². The van der Waals surface area contributed by atoms with E-state index in [1.165, 1.54) is 12.3 Å². The highest BCUT2D eigenvalue weighted by Crippen LogP contribution is 2.42. The quantitative estimate of drug-likeness (QED) is 0.186. The first-order valence-corrected chi connectivity index (χ1v) is 12.5. The van der Waals surface area contributed by atoms with Crippen LogP contribution in [0.2, 0.25) is 0 Å². The smallest absolute Gasteiger partial charge is 0.291 e. The zero-order valence-electron chi connectivity index (χ0n) is 20.3. The molecule has 0 bridgehead atoms. The summed E-state index contributed by atoms with van der Waals surface area (Å²) < 4.78 is 44.1. The fraction of sp³-hybridized carbons (Fsp3) is 0.107. The summed E-state index contributed by atoms with van der Waals surface area (Å²) in [6.45, 7) is 3.81. The highest BCUT2D eigenvalue weighted by Gasteiger charge is 2.26. The van der Waals surface area contributed by atoms with Crippen molar-refractivity contribution in [2.75, 3.05) is 5.32 Å². The van der Waals surface area contributed by atoms with Crippen LogP contribution in [-0.4, -0.2) is 16.8 Å². The minimum atomic E-state index is -2.87. The van der Waals surface area contributed by atoms with Crippen molar-refractivity contribution in [2.24, 2.45) is 5.73 Å². The Kier molecular flexibility index (Phi) is 7.24. The summed E-state index contributed by atoms with van der Waals surface area (Å²) in [5.41, 5.74) is 6.27. The number of rotatable bonds is 10. The van der Waals surface area contributed by atoms with Crippen LogP contribution in [0.3, 0.4) is 0 Å². The van der Waals surface area contributed by atoms with Crippen molar-refractivity contribution < 1.29 is 31.9 Å². The van der Waals surface area contributed by atoms with Gasteiger partial charge in [0.05, 0.1) is 12.0 Å². The highest BCUT2D eigenvalue weighted by atomic mass is 32.1. The third kappa shape index (κ3) is 5.30. The van der Waals surface area contributed by atoms with Crippen molar-refractivity contribution in [2.45, 2.75) is 19.5 Å². The van der Waals surface area contributed by atoms with Crippen molar-refractivity contribution in [3.05, 3.63) is 101 Å². The number of carbonyl (C=O) groups is 2. The summed E-state index contributed by atoms with van der Waals surface area (Å²) in [6, 6.07) is 14.9. The predicted molar refractivity (Wildman–Crippen MR) is 142 cm³/mol. The number of para-hydroxylation sites is 1. The van der Waals surface area contributed by atoms with Crippen molar-refractivity contribution >= 4 is 39.1 Å². The number of nitrogens with zero attached hydrogens (tertiary/aromatic N) is 1. The molecular formula is C28H21F2N3O5S. The van der Waals surface area contributed by atoms with Crippen LogP contribution in [0.15, 0.2) is 82.3 Å². The minimum absolute atomic E-state index is 0.0276. The molecule has 0 atom stereocenters. The van der Waals surface area contributed by atoms with Crippen LogP contribution >= 0.6 is 11.3 Å². The van der Waals surface area contributed by atoms with Gasteiger partial charge in [-0.2, -0.15) is 0 Å². The van der Waals surface area contributed by atoms with Gasteiger partial charge in [-0.25, -0.2) is 13.8 Å². The van der Waals surface area contributed by atoms with Crippen molar-refractivity contribution in [3.63, 3.8) is 0 Å². The van der Waals surface area contributed by atoms with E-state index < -0.39 is 23.9 Å². The van der Waals surface area contributed by atoms with Gasteiger partial charge in [0.2, 0.25) is 0 Å². The average Bonchev–Trinajstić information content (AvgIpc) is 3.68. The van der Waals surface area contributed by atoms with Gasteiger partial charge < -0.3 is 24.6 Å². The standard InChI is InChI=1S/C28H21F2N3O5S/c1-2-6-15-7-3-4-8-19(15)37-14-16-10-11-21(38-16)27(35)33-23-22-17(20-9-5-12-36-20)13-18(25(29)30)32-28(22)39-24(23)26(31)34/h2-5,7-13,25H,1,6,14H2,(H2,31,34)(H,33,35). The monoisotopic (exact) mass is 549 g/mol. The molecule has 4 aromatic heterocycles. The molecule has 5 rings (SSSR count). The maximum absolute atomic E-state index is 13.6. The second-order valence-electron chi connectivity index (χ2n) is 8.33. The van der Waals surface area contributed by atoms with Crippen LogP contribution in [0.5, 0.6) is 5.75 Å². The molecule has 11 heteroatoms. The first-order valence-electron chi connectivity index (χ1n) is 11.7. The number of ether oxygens (including phenoxy) is 1. The molecule has 0 unspecified atom stereocenters. The Labute approximate surface area is 224 Å². The molecule has 0 saturated carbocycles. The van der Waals surface area contributed by atoms with Crippen molar-refractivity contribution in [3.8, 4) is 17.1 Å². The minimum Gasteiger partial charge on any atom is -0.485 e. The molecule has 198 valence electrons. The van der Waals surface area contributed by atoms with Gasteiger partial charge in [-0.15, -0.1) is 17.9 Å². The number of alkyl halides is 2. The molecule has 8 nitrogen and oxygen atoms in total. The fourth-order valence-electron chi connectivity index (χ4n) is 4.02. The Bertz CT molecular complexity index is 1670. The number of hydrogen-bond donors (Lipinski definition) is 2. The van der Waals surface area contributed by atoms with Crippen molar-refractivity contribution in [1.29, 1.82) is 0 Å². The van der Waals surface area contributed by atoms with Crippen LogP contribution < -0.4 is 15.8 Å². The molecule has 3 N–H and O–H groups in total. The Hall–Kier alpha value is -4.77. The lowest BCUT2D eigenvalue weighted by Gasteiger charge is -2.09.